The number of aryl methyl sites for hydroxylation is 1. The maximum Gasteiger partial charge on any atom is 0.123 e. The smallest absolute Gasteiger partial charge is 0.123 e. The highest BCUT2D eigenvalue weighted by atomic mass is 16.5. The molecule has 1 aromatic carbocycles. The molecule has 2 aliphatic rings. The molecular formula is C16H23NO. The van der Waals surface area contributed by atoms with Gasteiger partial charge in [-0.25, -0.2) is 0 Å². The lowest BCUT2D eigenvalue weighted by molar-refractivity contribution is 0.195. The van der Waals surface area contributed by atoms with E-state index in [1.165, 1.54) is 36.8 Å². The van der Waals surface area contributed by atoms with E-state index in [0.29, 0.717) is 12.1 Å². The number of rotatable bonds is 3. The van der Waals surface area contributed by atoms with Crippen LogP contribution in [0.25, 0.3) is 0 Å². The van der Waals surface area contributed by atoms with Crippen molar-refractivity contribution < 1.29 is 4.74 Å². The number of ether oxygens (including phenoxy) is 1. The van der Waals surface area contributed by atoms with Gasteiger partial charge in [-0.1, -0.05) is 30.5 Å². The van der Waals surface area contributed by atoms with Crippen LogP contribution >= 0.6 is 0 Å². The Bertz CT molecular complexity index is 423. The van der Waals surface area contributed by atoms with Gasteiger partial charge in [-0.15, -0.1) is 0 Å². The Morgan fingerprint density at radius 3 is 2.89 bits per heavy atom. The number of hydrogen-bond donors (Lipinski definition) is 1. The van der Waals surface area contributed by atoms with Crippen LogP contribution in [0.2, 0.25) is 0 Å². The van der Waals surface area contributed by atoms with Gasteiger partial charge >= 0.3 is 0 Å². The van der Waals surface area contributed by atoms with Crippen LogP contribution < -0.4 is 10.5 Å². The van der Waals surface area contributed by atoms with Crippen molar-refractivity contribution in [2.75, 3.05) is 0 Å². The van der Waals surface area contributed by atoms with Crippen LogP contribution in [-0.2, 0) is 6.42 Å². The summed E-state index contributed by atoms with van der Waals surface area (Å²) >= 11 is 0. The maximum atomic E-state index is 6.34. The van der Waals surface area contributed by atoms with Gasteiger partial charge in [0, 0.05) is 12.5 Å². The molecular weight excluding hydrogens is 222 g/mol. The van der Waals surface area contributed by atoms with E-state index in [9.17, 15) is 0 Å². The first kappa shape index (κ1) is 12.0. The second kappa shape index (κ2) is 4.93. The average molecular weight is 245 g/mol. The maximum absolute atomic E-state index is 6.34. The third-order valence-corrected chi connectivity index (χ3v) is 4.50. The molecule has 3 rings (SSSR count). The van der Waals surface area contributed by atoms with Gasteiger partial charge in [0.2, 0.25) is 0 Å². The fraction of sp³-hybridized carbons (Fsp3) is 0.625. The van der Waals surface area contributed by atoms with E-state index >= 15 is 0 Å². The molecule has 1 aliphatic carbocycles. The molecule has 2 nitrogen and oxygen atoms in total. The van der Waals surface area contributed by atoms with Gasteiger partial charge < -0.3 is 10.5 Å². The van der Waals surface area contributed by atoms with Gasteiger partial charge in [-0.2, -0.15) is 0 Å². The van der Waals surface area contributed by atoms with Crippen LogP contribution in [-0.4, -0.2) is 12.1 Å². The van der Waals surface area contributed by atoms with Crippen molar-refractivity contribution in [3.63, 3.8) is 0 Å². The Morgan fingerprint density at radius 2 is 2.11 bits per heavy atom. The van der Waals surface area contributed by atoms with Gasteiger partial charge in [0.1, 0.15) is 11.9 Å². The van der Waals surface area contributed by atoms with Crippen molar-refractivity contribution >= 4 is 0 Å². The van der Waals surface area contributed by atoms with E-state index in [4.69, 9.17) is 10.5 Å². The quantitative estimate of drug-likeness (QED) is 0.887. The summed E-state index contributed by atoms with van der Waals surface area (Å²) in [6, 6.07) is 6.80. The normalized spacial score (nSPS) is 24.9. The highest BCUT2D eigenvalue weighted by Crippen LogP contribution is 2.34. The van der Waals surface area contributed by atoms with Crippen LogP contribution in [0.15, 0.2) is 18.2 Å². The van der Waals surface area contributed by atoms with Crippen LogP contribution in [0.5, 0.6) is 5.75 Å². The molecule has 0 spiro atoms. The van der Waals surface area contributed by atoms with E-state index in [0.717, 1.165) is 24.5 Å². The predicted octanol–water partition coefficient (Wildman–Crippen LogP) is 3.21. The van der Waals surface area contributed by atoms with E-state index in [1.807, 2.05) is 0 Å². The molecule has 2 unspecified atom stereocenters. The van der Waals surface area contributed by atoms with Crippen molar-refractivity contribution in [1.82, 2.24) is 0 Å². The van der Waals surface area contributed by atoms with Crippen molar-refractivity contribution in [2.45, 2.75) is 57.6 Å². The van der Waals surface area contributed by atoms with Crippen molar-refractivity contribution in [2.24, 2.45) is 11.7 Å². The van der Waals surface area contributed by atoms with Crippen LogP contribution in [0.4, 0.5) is 0 Å². The molecule has 2 atom stereocenters. The molecule has 98 valence electrons. The lowest BCUT2D eigenvalue weighted by atomic mass is 9.92. The second-order valence-corrected chi connectivity index (χ2v) is 6.00. The third kappa shape index (κ3) is 2.39. The zero-order chi connectivity index (χ0) is 12.5. The molecule has 1 aromatic rings. The summed E-state index contributed by atoms with van der Waals surface area (Å²) in [5.74, 6) is 1.81. The van der Waals surface area contributed by atoms with Gasteiger partial charge in [0.15, 0.2) is 0 Å². The Hall–Kier alpha value is -1.02. The minimum atomic E-state index is 0.303. The Morgan fingerprint density at radius 1 is 1.33 bits per heavy atom. The van der Waals surface area contributed by atoms with Crippen molar-refractivity contribution in [1.29, 1.82) is 0 Å². The van der Waals surface area contributed by atoms with Crippen LogP contribution in [0.3, 0.4) is 0 Å². The summed E-state index contributed by atoms with van der Waals surface area (Å²) in [4.78, 5) is 0. The van der Waals surface area contributed by atoms with Crippen molar-refractivity contribution in [3.8, 4) is 5.75 Å². The zero-order valence-corrected chi connectivity index (χ0v) is 11.2. The molecule has 1 heterocycles. The highest BCUT2D eigenvalue weighted by molar-refractivity contribution is 5.40. The number of hydrogen-bond acceptors (Lipinski definition) is 2. The molecule has 0 saturated heterocycles. The first-order chi connectivity index (χ1) is 8.72. The summed E-state index contributed by atoms with van der Waals surface area (Å²) in [6.45, 7) is 2.14. The van der Waals surface area contributed by atoms with E-state index in [-0.39, 0.29) is 0 Å². The highest BCUT2D eigenvalue weighted by Gasteiger charge is 2.29. The molecule has 0 radical (unpaired) electrons. The van der Waals surface area contributed by atoms with Gasteiger partial charge in [-0.3, -0.25) is 0 Å². The monoisotopic (exact) mass is 245 g/mol. The van der Waals surface area contributed by atoms with Crippen LogP contribution in [0.1, 0.15) is 43.2 Å². The summed E-state index contributed by atoms with van der Waals surface area (Å²) in [7, 11) is 0. The van der Waals surface area contributed by atoms with Gasteiger partial charge in [0.05, 0.1) is 0 Å². The second-order valence-electron chi connectivity index (χ2n) is 6.00. The molecule has 0 aromatic heterocycles. The lowest BCUT2D eigenvalue weighted by Crippen LogP contribution is -2.34. The fourth-order valence-electron chi connectivity index (χ4n) is 3.46. The molecule has 2 heteroatoms. The SMILES string of the molecule is Cc1ccc2c(c1)CC(CC(N)C1CCCC1)O2. The molecule has 18 heavy (non-hydrogen) atoms. The number of benzene rings is 1. The standard InChI is InChI=1S/C16H23NO/c1-11-6-7-16-13(8-11)9-14(18-16)10-15(17)12-4-2-3-5-12/h6-8,12,14-15H,2-5,9-10,17H2,1H3. The van der Waals surface area contributed by atoms with E-state index in [2.05, 4.69) is 25.1 Å². The predicted molar refractivity (Wildman–Crippen MR) is 73.8 cm³/mol. The average Bonchev–Trinajstić information content (AvgIpc) is 2.95. The van der Waals surface area contributed by atoms with Gasteiger partial charge in [-0.05, 0) is 43.7 Å². The van der Waals surface area contributed by atoms with E-state index in [1.54, 1.807) is 0 Å². The third-order valence-electron chi connectivity index (χ3n) is 4.50. The number of nitrogens with two attached hydrogens (primary N) is 1. The molecule has 1 saturated carbocycles. The Kier molecular flexibility index (Phi) is 3.29. The molecule has 2 N–H and O–H groups in total. The summed E-state index contributed by atoms with van der Waals surface area (Å²) in [5.41, 5.74) is 9.02. The summed E-state index contributed by atoms with van der Waals surface area (Å²) in [5, 5.41) is 0. The number of fused-ring (bicyclic) bond motifs is 1. The van der Waals surface area contributed by atoms with Crippen LogP contribution in [0, 0.1) is 12.8 Å². The minimum Gasteiger partial charge on any atom is -0.490 e. The van der Waals surface area contributed by atoms with Crippen molar-refractivity contribution in [3.05, 3.63) is 29.3 Å². The van der Waals surface area contributed by atoms with Gasteiger partial charge in [0.25, 0.3) is 0 Å². The Balaban J connectivity index is 1.60. The minimum absolute atomic E-state index is 0.303. The van der Waals surface area contributed by atoms with E-state index < -0.39 is 0 Å². The first-order valence-electron chi connectivity index (χ1n) is 7.24. The topological polar surface area (TPSA) is 35.2 Å². The summed E-state index contributed by atoms with van der Waals surface area (Å²) in [6.07, 6.45) is 7.72. The lowest BCUT2D eigenvalue weighted by Gasteiger charge is -2.22. The molecule has 0 amide bonds. The first-order valence-corrected chi connectivity index (χ1v) is 7.24. The fourth-order valence-corrected chi connectivity index (χ4v) is 3.46. The largest absolute Gasteiger partial charge is 0.490 e. The zero-order valence-electron chi connectivity index (χ0n) is 11.2. The molecule has 1 fully saturated rings. The molecule has 1 aliphatic heterocycles. The summed E-state index contributed by atoms with van der Waals surface area (Å²) < 4.78 is 6.01. The molecule has 0 bridgehead atoms. The Labute approximate surface area is 110 Å².